The third kappa shape index (κ3) is 1.81. The fourth-order valence-electron chi connectivity index (χ4n) is 1.89. The molecule has 2 rings (SSSR count). The summed E-state index contributed by atoms with van der Waals surface area (Å²) in [7, 11) is 0. The minimum atomic E-state index is -0.965. The largest absolute Gasteiger partial charge is 0.410 e. The standard InChI is InChI=1S/C12H12N2O4/c1-6(2)14-10(15)8-4-3-7(18-12(13)17)5-9(8)11(14)16/h3-6H,1-2H3,(H2,13,17). The maximum absolute atomic E-state index is 12.0. The molecule has 1 heterocycles. The number of benzene rings is 1. The maximum atomic E-state index is 12.0. The lowest BCUT2D eigenvalue weighted by molar-refractivity contribution is 0.0609. The van der Waals surface area contributed by atoms with E-state index in [2.05, 4.69) is 4.74 Å². The molecule has 0 unspecified atom stereocenters. The molecular weight excluding hydrogens is 236 g/mol. The molecule has 0 bridgehead atoms. The number of primary amides is 1. The van der Waals surface area contributed by atoms with Crippen molar-refractivity contribution in [3.05, 3.63) is 29.3 Å². The Bertz CT molecular complexity index is 551. The Kier molecular flexibility index (Phi) is 2.78. The number of fused-ring (bicyclic) bond motifs is 1. The summed E-state index contributed by atoms with van der Waals surface area (Å²) in [5.41, 5.74) is 5.42. The van der Waals surface area contributed by atoms with Crippen molar-refractivity contribution in [2.75, 3.05) is 0 Å². The van der Waals surface area contributed by atoms with Gasteiger partial charge in [0, 0.05) is 6.04 Å². The van der Waals surface area contributed by atoms with E-state index in [1.54, 1.807) is 13.8 Å². The second kappa shape index (κ2) is 4.14. The first-order chi connectivity index (χ1) is 8.41. The number of nitrogens with two attached hydrogens (primary N) is 1. The van der Waals surface area contributed by atoms with E-state index in [1.165, 1.54) is 23.1 Å². The zero-order valence-corrected chi connectivity index (χ0v) is 9.97. The molecule has 0 saturated carbocycles. The van der Waals surface area contributed by atoms with Crippen molar-refractivity contribution in [3.8, 4) is 5.75 Å². The quantitative estimate of drug-likeness (QED) is 0.795. The molecule has 1 aliphatic rings. The van der Waals surface area contributed by atoms with Crippen LogP contribution in [0.4, 0.5) is 4.79 Å². The number of carbonyl (C=O) groups excluding carboxylic acids is 3. The minimum absolute atomic E-state index is 0.146. The predicted molar refractivity (Wildman–Crippen MR) is 62.3 cm³/mol. The molecule has 1 aromatic carbocycles. The van der Waals surface area contributed by atoms with E-state index in [0.717, 1.165) is 0 Å². The molecule has 1 aliphatic heterocycles. The van der Waals surface area contributed by atoms with Gasteiger partial charge in [-0.25, -0.2) is 4.79 Å². The number of hydrogen-bond donors (Lipinski definition) is 1. The molecule has 0 saturated heterocycles. The van der Waals surface area contributed by atoms with Crippen LogP contribution in [-0.4, -0.2) is 28.8 Å². The average Bonchev–Trinajstić information content (AvgIpc) is 2.50. The Morgan fingerprint density at radius 2 is 1.83 bits per heavy atom. The summed E-state index contributed by atoms with van der Waals surface area (Å²) in [6, 6.07) is 4.01. The van der Waals surface area contributed by atoms with Gasteiger partial charge in [-0.15, -0.1) is 0 Å². The van der Waals surface area contributed by atoms with E-state index >= 15 is 0 Å². The molecule has 0 atom stereocenters. The highest BCUT2D eigenvalue weighted by Gasteiger charge is 2.37. The Morgan fingerprint density at radius 3 is 2.39 bits per heavy atom. The van der Waals surface area contributed by atoms with Gasteiger partial charge >= 0.3 is 6.09 Å². The Balaban J connectivity index is 2.43. The molecule has 0 fully saturated rings. The van der Waals surface area contributed by atoms with E-state index in [1.807, 2.05) is 0 Å². The summed E-state index contributed by atoms with van der Waals surface area (Å²) in [6.45, 7) is 3.50. The number of nitrogens with zero attached hydrogens (tertiary/aromatic N) is 1. The number of rotatable bonds is 2. The van der Waals surface area contributed by atoms with Gasteiger partial charge in [-0.3, -0.25) is 14.5 Å². The van der Waals surface area contributed by atoms with Gasteiger partial charge in [0.2, 0.25) is 0 Å². The highest BCUT2D eigenvalue weighted by molar-refractivity contribution is 6.21. The van der Waals surface area contributed by atoms with Crippen molar-refractivity contribution < 1.29 is 19.1 Å². The van der Waals surface area contributed by atoms with Gasteiger partial charge < -0.3 is 10.5 Å². The monoisotopic (exact) mass is 248 g/mol. The topological polar surface area (TPSA) is 89.7 Å². The van der Waals surface area contributed by atoms with Gasteiger partial charge in [0.1, 0.15) is 5.75 Å². The summed E-state index contributed by atoms with van der Waals surface area (Å²) in [4.78, 5) is 35.8. The Labute approximate surface area is 103 Å². The van der Waals surface area contributed by atoms with E-state index in [4.69, 9.17) is 5.73 Å². The smallest absolute Gasteiger partial charge is 0.409 e. The molecule has 6 nitrogen and oxygen atoms in total. The van der Waals surface area contributed by atoms with E-state index in [-0.39, 0.29) is 29.2 Å². The van der Waals surface area contributed by atoms with E-state index in [0.29, 0.717) is 5.56 Å². The van der Waals surface area contributed by atoms with Gasteiger partial charge in [-0.2, -0.15) is 0 Å². The van der Waals surface area contributed by atoms with E-state index in [9.17, 15) is 14.4 Å². The zero-order chi connectivity index (χ0) is 13.4. The van der Waals surface area contributed by atoms with Crippen LogP contribution in [0.2, 0.25) is 0 Å². The van der Waals surface area contributed by atoms with Crippen LogP contribution >= 0.6 is 0 Å². The van der Waals surface area contributed by atoms with Crippen LogP contribution in [0.25, 0.3) is 0 Å². The number of amides is 3. The normalized spacial score (nSPS) is 14.1. The fraction of sp³-hybridized carbons (Fsp3) is 0.250. The minimum Gasteiger partial charge on any atom is -0.410 e. The highest BCUT2D eigenvalue weighted by Crippen LogP contribution is 2.28. The van der Waals surface area contributed by atoms with Crippen LogP contribution in [-0.2, 0) is 0 Å². The van der Waals surface area contributed by atoms with Gasteiger partial charge in [0.05, 0.1) is 11.1 Å². The Hall–Kier alpha value is -2.37. The van der Waals surface area contributed by atoms with Crippen LogP contribution in [0.15, 0.2) is 18.2 Å². The summed E-state index contributed by atoms with van der Waals surface area (Å²) in [5, 5.41) is 0. The first-order valence-electron chi connectivity index (χ1n) is 5.41. The predicted octanol–water partition coefficient (Wildman–Crippen LogP) is 1.15. The molecule has 2 N–H and O–H groups in total. The molecule has 0 aromatic heterocycles. The van der Waals surface area contributed by atoms with Crippen LogP contribution < -0.4 is 10.5 Å². The first-order valence-corrected chi connectivity index (χ1v) is 5.41. The van der Waals surface area contributed by atoms with Gasteiger partial charge in [-0.05, 0) is 32.0 Å². The van der Waals surface area contributed by atoms with Crippen molar-refractivity contribution in [2.24, 2.45) is 5.73 Å². The third-order valence-corrected chi connectivity index (χ3v) is 2.62. The van der Waals surface area contributed by atoms with Gasteiger partial charge in [0.25, 0.3) is 11.8 Å². The molecule has 0 aliphatic carbocycles. The molecule has 1 aromatic rings. The SMILES string of the molecule is CC(C)N1C(=O)c2ccc(OC(N)=O)cc2C1=O. The average molecular weight is 248 g/mol. The number of carbonyl (C=O) groups is 3. The van der Waals surface area contributed by atoms with Crippen LogP contribution in [0.3, 0.4) is 0 Å². The first kappa shape index (κ1) is 12.1. The molecule has 3 amide bonds. The second-order valence-corrected chi connectivity index (χ2v) is 4.20. The molecular formula is C12H12N2O4. The molecule has 18 heavy (non-hydrogen) atoms. The van der Waals surface area contributed by atoms with Crippen molar-refractivity contribution >= 4 is 17.9 Å². The van der Waals surface area contributed by atoms with Gasteiger partial charge in [0.15, 0.2) is 0 Å². The molecule has 6 heteroatoms. The van der Waals surface area contributed by atoms with E-state index < -0.39 is 6.09 Å². The van der Waals surface area contributed by atoms with Crippen LogP contribution in [0, 0.1) is 0 Å². The molecule has 0 radical (unpaired) electrons. The van der Waals surface area contributed by atoms with Gasteiger partial charge in [-0.1, -0.05) is 0 Å². The van der Waals surface area contributed by atoms with Crippen molar-refractivity contribution in [1.29, 1.82) is 0 Å². The summed E-state index contributed by atoms with van der Waals surface area (Å²) < 4.78 is 4.68. The molecule has 0 spiro atoms. The fourth-order valence-corrected chi connectivity index (χ4v) is 1.89. The van der Waals surface area contributed by atoms with Crippen LogP contribution in [0.1, 0.15) is 34.6 Å². The maximum Gasteiger partial charge on any atom is 0.409 e. The summed E-state index contributed by atoms with van der Waals surface area (Å²) in [5.74, 6) is -0.580. The lowest BCUT2D eigenvalue weighted by Gasteiger charge is -2.17. The zero-order valence-electron chi connectivity index (χ0n) is 9.97. The molecule has 94 valence electrons. The number of ether oxygens (including phenoxy) is 1. The highest BCUT2D eigenvalue weighted by atomic mass is 16.5. The van der Waals surface area contributed by atoms with Crippen molar-refractivity contribution in [2.45, 2.75) is 19.9 Å². The Morgan fingerprint density at radius 1 is 1.22 bits per heavy atom. The van der Waals surface area contributed by atoms with Crippen LogP contribution in [0.5, 0.6) is 5.75 Å². The number of hydrogen-bond acceptors (Lipinski definition) is 4. The summed E-state index contributed by atoms with van der Waals surface area (Å²) in [6.07, 6.45) is -0.965. The third-order valence-electron chi connectivity index (χ3n) is 2.62. The lowest BCUT2D eigenvalue weighted by atomic mass is 10.1. The number of imide groups is 1. The van der Waals surface area contributed by atoms with Crippen molar-refractivity contribution in [1.82, 2.24) is 4.90 Å². The van der Waals surface area contributed by atoms with Crippen molar-refractivity contribution in [3.63, 3.8) is 0 Å². The lowest BCUT2D eigenvalue weighted by Crippen LogP contribution is -2.35. The summed E-state index contributed by atoms with van der Waals surface area (Å²) >= 11 is 0. The second-order valence-electron chi connectivity index (χ2n) is 4.20.